The van der Waals surface area contributed by atoms with Crippen molar-refractivity contribution < 1.29 is 18.3 Å². The summed E-state index contributed by atoms with van der Waals surface area (Å²) in [6.45, 7) is 0.458. The van der Waals surface area contributed by atoms with Crippen molar-refractivity contribution in [1.29, 1.82) is 0 Å². The second-order valence-electron chi connectivity index (χ2n) is 6.23. The van der Waals surface area contributed by atoms with E-state index in [0.717, 1.165) is 16.1 Å². The van der Waals surface area contributed by atoms with Crippen LogP contribution in [0.1, 0.15) is 22.0 Å². The van der Waals surface area contributed by atoms with Crippen LogP contribution in [0.3, 0.4) is 0 Å². The molecule has 0 saturated carbocycles. The van der Waals surface area contributed by atoms with Crippen LogP contribution in [0.4, 0.5) is 5.69 Å². The number of sulfonamides is 1. The van der Waals surface area contributed by atoms with Crippen molar-refractivity contribution >= 4 is 38.5 Å². The molecule has 1 atom stereocenters. The highest BCUT2D eigenvalue weighted by Gasteiger charge is 2.33. The molecule has 2 aliphatic rings. The van der Waals surface area contributed by atoms with Gasteiger partial charge in [-0.15, -0.1) is 4.40 Å². The number of carbonyl (C=O) groups excluding carboxylic acids is 1. The molecule has 0 fully saturated rings. The highest BCUT2D eigenvalue weighted by atomic mass is 32.2. The molecule has 2 N–H and O–H groups in total. The number of nitrogens with one attached hydrogen (secondary N) is 1. The number of carbonyl (C=O) groups is 1. The number of hydrogen-bond donors (Lipinski definition) is 2. The molecule has 0 radical (unpaired) electrons. The number of amidine groups is 1. The SMILES string of the molecule is O=C(NCC(O)c1ccccc1)c1ccc2c(c1)SC1=NS(=O)(=O)CCN12. The van der Waals surface area contributed by atoms with E-state index in [2.05, 4.69) is 9.71 Å². The second-order valence-corrected chi connectivity index (χ2v) is 9.00. The number of rotatable bonds is 4. The first-order chi connectivity index (χ1) is 12.9. The van der Waals surface area contributed by atoms with Gasteiger partial charge in [0, 0.05) is 23.5 Å². The number of fused-ring (bicyclic) bond motifs is 3. The van der Waals surface area contributed by atoms with E-state index in [1.54, 1.807) is 30.3 Å². The van der Waals surface area contributed by atoms with Gasteiger partial charge in [-0.1, -0.05) is 30.3 Å². The van der Waals surface area contributed by atoms with Gasteiger partial charge in [0.1, 0.15) is 0 Å². The van der Waals surface area contributed by atoms with Crippen LogP contribution in [-0.2, 0) is 10.0 Å². The number of aliphatic hydroxyl groups is 1. The lowest BCUT2D eigenvalue weighted by molar-refractivity contribution is 0.0916. The van der Waals surface area contributed by atoms with Crippen molar-refractivity contribution in [2.75, 3.05) is 23.7 Å². The van der Waals surface area contributed by atoms with Crippen molar-refractivity contribution in [2.45, 2.75) is 11.0 Å². The number of anilines is 1. The highest BCUT2D eigenvalue weighted by molar-refractivity contribution is 8.15. The molecule has 9 heteroatoms. The van der Waals surface area contributed by atoms with Gasteiger partial charge >= 0.3 is 0 Å². The number of hydrogen-bond acceptors (Lipinski definition) is 6. The minimum Gasteiger partial charge on any atom is -0.387 e. The van der Waals surface area contributed by atoms with Gasteiger partial charge in [0.15, 0.2) is 5.17 Å². The average molecular weight is 403 g/mol. The summed E-state index contributed by atoms with van der Waals surface area (Å²) in [4.78, 5) is 15.1. The van der Waals surface area contributed by atoms with Crippen LogP contribution in [0, 0.1) is 0 Å². The third-order valence-corrected chi connectivity index (χ3v) is 6.68. The van der Waals surface area contributed by atoms with E-state index in [1.807, 2.05) is 23.1 Å². The average Bonchev–Trinajstić information content (AvgIpc) is 3.01. The maximum absolute atomic E-state index is 12.4. The molecule has 1 amide bonds. The van der Waals surface area contributed by atoms with Gasteiger partial charge in [0.2, 0.25) is 0 Å². The Morgan fingerprint density at radius 3 is 2.81 bits per heavy atom. The number of thioether (sulfide) groups is 1. The summed E-state index contributed by atoms with van der Waals surface area (Å²) in [5, 5.41) is 13.3. The van der Waals surface area contributed by atoms with Gasteiger partial charge in [0.05, 0.1) is 17.5 Å². The topological polar surface area (TPSA) is 99.1 Å². The van der Waals surface area contributed by atoms with Crippen LogP contribution >= 0.6 is 11.8 Å². The van der Waals surface area contributed by atoms with Gasteiger partial charge in [0.25, 0.3) is 15.9 Å². The molecule has 27 heavy (non-hydrogen) atoms. The van der Waals surface area contributed by atoms with Gasteiger partial charge in [-0.25, -0.2) is 8.42 Å². The summed E-state index contributed by atoms with van der Waals surface area (Å²) < 4.78 is 27.1. The Balaban J connectivity index is 1.47. The van der Waals surface area contributed by atoms with Gasteiger partial charge < -0.3 is 15.3 Å². The summed E-state index contributed by atoms with van der Waals surface area (Å²) in [6.07, 6.45) is -0.785. The van der Waals surface area contributed by atoms with Crippen LogP contribution in [0.15, 0.2) is 57.8 Å². The zero-order valence-corrected chi connectivity index (χ0v) is 15.8. The predicted octanol–water partition coefficient (Wildman–Crippen LogP) is 1.76. The molecule has 140 valence electrons. The first kappa shape index (κ1) is 18.0. The summed E-state index contributed by atoms with van der Waals surface area (Å²) in [6, 6.07) is 14.3. The van der Waals surface area contributed by atoms with Gasteiger partial charge in [-0.05, 0) is 35.5 Å². The molecule has 0 aliphatic carbocycles. The maximum Gasteiger partial charge on any atom is 0.257 e. The largest absolute Gasteiger partial charge is 0.387 e. The Bertz CT molecular complexity index is 1020. The number of amides is 1. The lowest BCUT2D eigenvalue weighted by Gasteiger charge is -2.22. The van der Waals surface area contributed by atoms with Crippen LogP contribution in [-0.4, -0.2) is 43.4 Å². The fraction of sp³-hybridized carbons (Fsp3) is 0.222. The number of aliphatic hydroxyl groups excluding tert-OH is 1. The molecule has 4 rings (SSSR count). The molecule has 1 unspecified atom stereocenters. The zero-order chi connectivity index (χ0) is 19.0. The van der Waals surface area contributed by atoms with Crippen molar-refractivity contribution in [1.82, 2.24) is 5.32 Å². The van der Waals surface area contributed by atoms with E-state index >= 15 is 0 Å². The van der Waals surface area contributed by atoms with E-state index in [-0.39, 0.29) is 18.2 Å². The molecular weight excluding hydrogens is 386 g/mol. The molecule has 7 nitrogen and oxygen atoms in total. The van der Waals surface area contributed by atoms with Crippen LogP contribution in [0.2, 0.25) is 0 Å². The highest BCUT2D eigenvalue weighted by Crippen LogP contribution is 2.42. The summed E-state index contributed by atoms with van der Waals surface area (Å²) in [5.74, 6) is -0.316. The Morgan fingerprint density at radius 1 is 1.26 bits per heavy atom. The summed E-state index contributed by atoms with van der Waals surface area (Å²) in [7, 11) is -3.41. The quantitative estimate of drug-likeness (QED) is 0.807. The van der Waals surface area contributed by atoms with E-state index in [4.69, 9.17) is 0 Å². The Hall–Kier alpha value is -2.36. The minimum absolute atomic E-state index is 0.0177. The molecular formula is C18H17N3O4S2. The monoisotopic (exact) mass is 403 g/mol. The molecule has 2 aliphatic heterocycles. The van der Waals surface area contributed by atoms with Crippen molar-refractivity contribution in [2.24, 2.45) is 4.40 Å². The van der Waals surface area contributed by atoms with Crippen LogP contribution in [0.25, 0.3) is 0 Å². The van der Waals surface area contributed by atoms with Gasteiger partial charge in [-0.3, -0.25) is 4.79 Å². The smallest absolute Gasteiger partial charge is 0.257 e. The second kappa shape index (κ2) is 6.99. The summed E-state index contributed by atoms with van der Waals surface area (Å²) >= 11 is 1.24. The lowest BCUT2D eigenvalue weighted by Crippen LogP contribution is -2.35. The van der Waals surface area contributed by atoms with Crippen LogP contribution < -0.4 is 10.2 Å². The molecule has 0 saturated heterocycles. The van der Waals surface area contributed by atoms with Crippen LogP contribution in [0.5, 0.6) is 0 Å². The number of benzene rings is 2. The van der Waals surface area contributed by atoms with E-state index < -0.39 is 16.1 Å². The molecule has 2 heterocycles. The zero-order valence-electron chi connectivity index (χ0n) is 14.2. The van der Waals surface area contributed by atoms with E-state index in [0.29, 0.717) is 17.3 Å². The third kappa shape index (κ3) is 3.71. The Morgan fingerprint density at radius 2 is 2.04 bits per heavy atom. The van der Waals surface area contributed by atoms with Crippen molar-refractivity contribution in [3.8, 4) is 0 Å². The predicted molar refractivity (Wildman–Crippen MR) is 105 cm³/mol. The fourth-order valence-corrected chi connectivity index (χ4v) is 5.25. The van der Waals surface area contributed by atoms with Crippen molar-refractivity contribution in [3.05, 3.63) is 59.7 Å². The first-order valence-corrected chi connectivity index (χ1v) is 10.8. The summed E-state index contributed by atoms with van der Waals surface area (Å²) in [5.41, 5.74) is 2.04. The maximum atomic E-state index is 12.4. The van der Waals surface area contributed by atoms with Crippen molar-refractivity contribution in [3.63, 3.8) is 0 Å². The minimum atomic E-state index is -3.41. The standard InChI is InChI=1S/C18H17N3O4S2/c22-15(12-4-2-1-3-5-12)11-19-17(23)13-6-7-14-16(10-13)26-18-20-27(24,25)9-8-21(14)18/h1-7,10,15,22H,8-9,11H2,(H,19,23). The fourth-order valence-electron chi connectivity index (χ4n) is 2.96. The molecule has 0 aromatic heterocycles. The molecule has 2 aromatic carbocycles. The lowest BCUT2D eigenvalue weighted by atomic mass is 10.1. The molecule has 2 aromatic rings. The molecule has 0 spiro atoms. The normalized spacial score (nSPS) is 18.3. The molecule has 0 bridgehead atoms. The first-order valence-electron chi connectivity index (χ1n) is 8.36. The van der Waals surface area contributed by atoms with Gasteiger partial charge in [-0.2, -0.15) is 0 Å². The Labute approximate surface area is 161 Å². The Kier molecular flexibility index (Phi) is 4.67. The van der Waals surface area contributed by atoms with E-state index in [9.17, 15) is 18.3 Å². The number of nitrogens with zero attached hydrogens (tertiary/aromatic N) is 2. The van der Waals surface area contributed by atoms with E-state index in [1.165, 1.54) is 11.8 Å². The third-order valence-electron chi connectivity index (χ3n) is 4.38.